The van der Waals surface area contributed by atoms with Gasteiger partial charge >= 0.3 is 0 Å². The van der Waals surface area contributed by atoms with E-state index in [-0.39, 0.29) is 16.9 Å². The molecule has 1 N–H and O–H groups in total. The average molecular weight is 212 g/mol. The minimum atomic E-state index is -0.385. The Morgan fingerprint density at radius 2 is 2.36 bits per heavy atom. The fourth-order valence-electron chi connectivity index (χ4n) is 1.17. The summed E-state index contributed by atoms with van der Waals surface area (Å²) < 4.78 is 13.4. The normalized spacial score (nSPS) is 12.1. The molecule has 1 aromatic carbocycles. The second-order valence-corrected chi connectivity index (χ2v) is 3.33. The summed E-state index contributed by atoms with van der Waals surface area (Å²) in [6, 6.07) is 4.75. The molecule has 0 aromatic heterocycles. The zero-order chi connectivity index (χ0) is 10.6. The molecule has 1 rings (SSSR count). The Labute approximate surface area is 88.3 Å². The van der Waals surface area contributed by atoms with Crippen molar-refractivity contribution in [2.45, 2.75) is 12.5 Å². The first-order valence-corrected chi connectivity index (χ1v) is 4.63. The lowest BCUT2D eigenvalue weighted by molar-refractivity contribution is 0.591. The first kappa shape index (κ1) is 11.0. The summed E-state index contributed by atoms with van der Waals surface area (Å²) in [5, 5.41) is 3.03. The predicted molar refractivity (Wildman–Crippen MR) is 56.8 cm³/mol. The molecule has 0 spiro atoms. The van der Waals surface area contributed by atoms with Gasteiger partial charge in [-0.1, -0.05) is 29.7 Å². The van der Waals surface area contributed by atoms with E-state index in [0.717, 1.165) is 0 Å². The van der Waals surface area contributed by atoms with Crippen molar-refractivity contribution in [1.29, 1.82) is 0 Å². The van der Waals surface area contributed by atoms with Gasteiger partial charge in [-0.3, -0.25) is 0 Å². The summed E-state index contributed by atoms with van der Waals surface area (Å²) >= 11 is 5.64. The van der Waals surface area contributed by atoms with Crippen LogP contribution in [0.2, 0.25) is 5.02 Å². The molecule has 1 atom stereocenters. The Morgan fingerprint density at radius 3 is 2.93 bits per heavy atom. The molecule has 3 heteroatoms. The molecule has 74 valence electrons. The Hall–Kier alpha value is -1.04. The molecule has 0 aliphatic heterocycles. The molecule has 0 saturated carbocycles. The number of halogens is 2. The van der Waals surface area contributed by atoms with E-state index in [1.54, 1.807) is 19.2 Å². The van der Waals surface area contributed by atoms with Crippen molar-refractivity contribution in [3.05, 3.63) is 34.6 Å². The van der Waals surface area contributed by atoms with E-state index in [9.17, 15) is 4.39 Å². The molecule has 14 heavy (non-hydrogen) atoms. The minimum Gasteiger partial charge on any atom is -0.306 e. The Kier molecular flexibility index (Phi) is 3.94. The summed E-state index contributed by atoms with van der Waals surface area (Å²) in [6.07, 6.45) is 5.70. The molecule has 1 aromatic rings. The molecule has 1 unspecified atom stereocenters. The molecule has 0 aliphatic carbocycles. The summed E-state index contributed by atoms with van der Waals surface area (Å²) in [4.78, 5) is 0. The quantitative estimate of drug-likeness (QED) is 0.757. The number of terminal acetylenes is 1. The second-order valence-electron chi connectivity index (χ2n) is 2.92. The predicted octanol–water partition coefficient (Wildman–Crippen LogP) is 2.24. The standard InChI is InChI=1S/C11H11ClFN/c1-3-9(14-2)7-8-5-4-6-10(12)11(8)13/h1,4-6,9,14H,7H2,2H3. The van der Waals surface area contributed by atoms with Crippen molar-refractivity contribution in [3.63, 3.8) is 0 Å². The van der Waals surface area contributed by atoms with Gasteiger partial charge < -0.3 is 5.32 Å². The van der Waals surface area contributed by atoms with Gasteiger partial charge in [0.25, 0.3) is 0 Å². The third-order valence-corrected chi connectivity index (χ3v) is 2.30. The maximum Gasteiger partial charge on any atom is 0.145 e. The number of rotatable bonds is 3. The van der Waals surface area contributed by atoms with Crippen LogP contribution in [0.1, 0.15) is 5.56 Å². The molecular formula is C11H11ClFN. The number of benzene rings is 1. The van der Waals surface area contributed by atoms with Gasteiger partial charge in [0.05, 0.1) is 11.1 Å². The van der Waals surface area contributed by atoms with E-state index in [0.29, 0.717) is 12.0 Å². The van der Waals surface area contributed by atoms with Crippen LogP contribution >= 0.6 is 11.6 Å². The van der Waals surface area contributed by atoms with Crippen LogP contribution in [0.5, 0.6) is 0 Å². The number of hydrogen-bond donors (Lipinski definition) is 1. The van der Waals surface area contributed by atoms with E-state index in [1.807, 2.05) is 0 Å². The summed E-state index contributed by atoms with van der Waals surface area (Å²) in [6.45, 7) is 0. The minimum absolute atomic E-state index is 0.134. The molecule has 0 radical (unpaired) electrons. The Bertz CT molecular complexity index is 357. The van der Waals surface area contributed by atoms with E-state index >= 15 is 0 Å². The van der Waals surface area contributed by atoms with Crippen molar-refractivity contribution < 1.29 is 4.39 Å². The zero-order valence-corrected chi connectivity index (χ0v) is 8.61. The molecule has 0 bridgehead atoms. The summed E-state index contributed by atoms with van der Waals surface area (Å²) in [7, 11) is 1.74. The highest BCUT2D eigenvalue weighted by Crippen LogP contribution is 2.18. The van der Waals surface area contributed by atoms with E-state index in [2.05, 4.69) is 11.2 Å². The zero-order valence-electron chi connectivity index (χ0n) is 7.85. The number of nitrogens with one attached hydrogen (secondary N) is 1. The first-order valence-electron chi connectivity index (χ1n) is 4.25. The molecule has 0 fully saturated rings. The molecule has 0 heterocycles. The van der Waals surface area contributed by atoms with Gasteiger partial charge in [0.1, 0.15) is 5.82 Å². The number of likely N-dealkylation sites (N-methyl/N-ethyl adjacent to an activating group) is 1. The number of hydrogen-bond acceptors (Lipinski definition) is 1. The van der Waals surface area contributed by atoms with Crippen molar-refractivity contribution in [1.82, 2.24) is 5.32 Å². The fourth-order valence-corrected chi connectivity index (χ4v) is 1.36. The van der Waals surface area contributed by atoms with Crippen molar-refractivity contribution in [2.24, 2.45) is 0 Å². The highest BCUT2D eigenvalue weighted by molar-refractivity contribution is 6.30. The molecular weight excluding hydrogens is 201 g/mol. The molecule has 1 nitrogen and oxygen atoms in total. The van der Waals surface area contributed by atoms with Crippen molar-refractivity contribution in [3.8, 4) is 12.3 Å². The van der Waals surface area contributed by atoms with Gasteiger partial charge in [-0.05, 0) is 18.7 Å². The van der Waals surface area contributed by atoms with Gasteiger partial charge in [-0.15, -0.1) is 6.42 Å². The summed E-state index contributed by atoms with van der Waals surface area (Å²) in [5.41, 5.74) is 0.537. The van der Waals surface area contributed by atoms with Crippen LogP contribution in [-0.2, 0) is 6.42 Å². The highest BCUT2D eigenvalue weighted by atomic mass is 35.5. The van der Waals surface area contributed by atoms with Crippen LogP contribution in [0.4, 0.5) is 4.39 Å². The van der Waals surface area contributed by atoms with Crippen LogP contribution in [0, 0.1) is 18.2 Å². The summed E-state index contributed by atoms with van der Waals surface area (Å²) in [5.74, 6) is 2.14. The third-order valence-electron chi connectivity index (χ3n) is 2.01. The van der Waals surface area contributed by atoms with Crippen LogP contribution in [0.3, 0.4) is 0 Å². The molecule has 0 aliphatic rings. The van der Waals surface area contributed by atoms with Gasteiger partial charge in [-0.25, -0.2) is 4.39 Å². The SMILES string of the molecule is C#CC(Cc1cccc(Cl)c1F)NC. The maximum atomic E-state index is 13.4. The monoisotopic (exact) mass is 211 g/mol. The van der Waals surface area contributed by atoms with Crippen LogP contribution in [0.25, 0.3) is 0 Å². The van der Waals surface area contributed by atoms with Gasteiger partial charge in [0.2, 0.25) is 0 Å². The fraction of sp³-hybridized carbons (Fsp3) is 0.273. The van der Waals surface area contributed by atoms with Gasteiger partial charge in [-0.2, -0.15) is 0 Å². The van der Waals surface area contributed by atoms with E-state index in [1.165, 1.54) is 6.07 Å². The van der Waals surface area contributed by atoms with Crippen molar-refractivity contribution in [2.75, 3.05) is 7.05 Å². The third kappa shape index (κ3) is 2.47. The van der Waals surface area contributed by atoms with Gasteiger partial charge in [0, 0.05) is 6.42 Å². The first-order chi connectivity index (χ1) is 6.69. The lowest BCUT2D eigenvalue weighted by Gasteiger charge is -2.10. The van der Waals surface area contributed by atoms with Crippen molar-refractivity contribution >= 4 is 11.6 Å². The lowest BCUT2D eigenvalue weighted by atomic mass is 10.1. The van der Waals surface area contributed by atoms with Crippen LogP contribution in [0.15, 0.2) is 18.2 Å². The van der Waals surface area contributed by atoms with Crippen LogP contribution in [-0.4, -0.2) is 13.1 Å². The average Bonchev–Trinajstić information content (AvgIpc) is 2.20. The maximum absolute atomic E-state index is 13.4. The van der Waals surface area contributed by atoms with Crippen LogP contribution < -0.4 is 5.32 Å². The molecule has 0 amide bonds. The Morgan fingerprint density at radius 1 is 1.64 bits per heavy atom. The smallest absolute Gasteiger partial charge is 0.145 e. The van der Waals surface area contributed by atoms with E-state index in [4.69, 9.17) is 18.0 Å². The highest BCUT2D eigenvalue weighted by Gasteiger charge is 2.09. The Balaban J connectivity index is 2.87. The topological polar surface area (TPSA) is 12.0 Å². The second kappa shape index (κ2) is 4.99. The molecule has 0 saturated heterocycles. The lowest BCUT2D eigenvalue weighted by Crippen LogP contribution is -2.25. The largest absolute Gasteiger partial charge is 0.306 e. The van der Waals surface area contributed by atoms with Gasteiger partial charge in [0.15, 0.2) is 0 Å². The van der Waals surface area contributed by atoms with E-state index < -0.39 is 0 Å².